The number of hydrogen-bond donors (Lipinski definition) is 2. The Hall–Kier alpha value is -2.04. The van der Waals surface area contributed by atoms with Gasteiger partial charge in [-0.2, -0.15) is 0 Å². The first-order chi connectivity index (χ1) is 9.63. The third-order valence-corrected chi connectivity index (χ3v) is 2.67. The summed E-state index contributed by atoms with van der Waals surface area (Å²) in [6.07, 6.45) is 2.27. The SMILES string of the molecule is CCCOc1cccc(C(=O)NCCCCC(=O)O)c1. The fourth-order valence-corrected chi connectivity index (χ4v) is 1.65. The highest BCUT2D eigenvalue weighted by molar-refractivity contribution is 5.94. The summed E-state index contributed by atoms with van der Waals surface area (Å²) in [4.78, 5) is 22.2. The minimum absolute atomic E-state index is 0.135. The molecule has 0 unspecified atom stereocenters. The normalized spacial score (nSPS) is 10.1. The van der Waals surface area contributed by atoms with Gasteiger partial charge in [-0.15, -0.1) is 0 Å². The summed E-state index contributed by atoms with van der Waals surface area (Å²) in [7, 11) is 0. The minimum atomic E-state index is -0.808. The maximum Gasteiger partial charge on any atom is 0.303 e. The highest BCUT2D eigenvalue weighted by Crippen LogP contribution is 2.13. The van der Waals surface area contributed by atoms with Crippen molar-refractivity contribution in [2.75, 3.05) is 13.2 Å². The van der Waals surface area contributed by atoms with Gasteiger partial charge in [0.25, 0.3) is 5.91 Å². The zero-order valence-corrected chi connectivity index (χ0v) is 11.7. The molecule has 0 aliphatic rings. The number of hydrogen-bond acceptors (Lipinski definition) is 3. The first-order valence-corrected chi connectivity index (χ1v) is 6.86. The van der Waals surface area contributed by atoms with E-state index in [2.05, 4.69) is 5.32 Å². The van der Waals surface area contributed by atoms with Crippen LogP contribution in [0.25, 0.3) is 0 Å². The van der Waals surface area contributed by atoms with Gasteiger partial charge in [0.2, 0.25) is 0 Å². The summed E-state index contributed by atoms with van der Waals surface area (Å²) in [6, 6.07) is 7.04. The van der Waals surface area contributed by atoms with Gasteiger partial charge in [-0.1, -0.05) is 13.0 Å². The Balaban J connectivity index is 2.37. The second-order valence-corrected chi connectivity index (χ2v) is 4.48. The van der Waals surface area contributed by atoms with Crippen molar-refractivity contribution in [3.05, 3.63) is 29.8 Å². The smallest absolute Gasteiger partial charge is 0.303 e. The molecule has 0 saturated heterocycles. The van der Waals surface area contributed by atoms with Gasteiger partial charge >= 0.3 is 5.97 Å². The van der Waals surface area contributed by atoms with Crippen LogP contribution in [0.3, 0.4) is 0 Å². The molecule has 0 fully saturated rings. The summed E-state index contributed by atoms with van der Waals surface area (Å²) in [5.74, 6) is -0.287. The zero-order valence-electron chi connectivity index (χ0n) is 11.7. The molecule has 1 rings (SSSR count). The van der Waals surface area contributed by atoms with Crippen LogP contribution in [0.2, 0.25) is 0 Å². The second-order valence-electron chi connectivity index (χ2n) is 4.48. The first kappa shape index (κ1) is 16.0. The molecule has 5 nitrogen and oxygen atoms in total. The minimum Gasteiger partial charge on any atom is -0.494 e. The molecule has 1 aromatic carbocycles. The molecule has 0 saturated carbocycles. The zero-order chi connectivity index (χ0) is 14.8. The van der Waals surface area contributed by atoms with Crippen LogP contribution in [0.4, 0.5) is 0 Å². The number of aliphatic carboxylic acids is 1. The topological polar surface area (TPSA) is 75.6 Å². The van der Waals surface area contributed by atoms with E-state index < -0.39 is 5.97 Å². The van der Waals surface area contributed by atoms with Crippen molar-refractivity contribution in [3.63, 3.8) is 0 Å². The molecule has 0 bridgehead atoms. The van der Waals surface area contributed by atoms with Crippen molar-refractivity contribution in [1.29, 1.82) is 0 Å². The largest absolute Gasteiger partial charge is 0.494 e. The van der Waals surface area contributed by atoms with Crippen molar-refractivity contribution in [2.24, 2.45) is 0 Å². The molecular formula is C15H21NO4. The molecule has 0 atom stereocenters. The Morgan fingerprint density at radius 2 is 2.10 bits per heavy atom. The number of carboxylic acids is 1. The Morgan fingerprint density at radius 1 is 1.30 bits per heavy atom. The lowest BCUT2D eigenvalue weighted by molar-refractivity contribution is -0.137. The van der Waals surface area contributed by atoms with Crippen LogP contribution in [0, 0.1) is 0 Å². The number of nitrogens with one attached hydrogen (secondary N) is 1. The maximum absolute atomic E-state index is 11.9. The van der Waals surface area contributed by atoms with E-state index in [1.54, 1.807) is 18.2 Å². The van der Waals surface area contributed by atoms with E-state index in [0.717, 1.165) is 6.42 Å². The van der Waals surface area contributed by atoms with E-state index in [1.165, 1.54) is 0 Å². The lowest BCUT2D eigenvalue weighted by Gasteiger charge is -2.08. The molecule has 110 valence electrons. The second kappa shape index (κ2) is 8.96. The van der Waals surface area contributed by atoms with Crippen LogP contribution in [0.5, 0.6) is 5.75 Å². The van der Waals surface area contributed by atoms with Gasteiger partial charge in [0, 0.05) is 18.5 Å². The quantitative estimate of drug-likeness (QED) is 0.681. The predicted octanol–water partition coefficient (Wildman–Crippen LogP) is 2.46. The molecule has 2 N–H and O–H groups in total. The maximum atomic E-state index is 11.9. The van der Waals surface area contributed by atoms with Crippen LogP contribution in [-0.2, 0) is 4.79 Å². The number of amides is 1. The van der Waals surface area contributed by atoms with Crippen molar-refractivity contribution < 1.29 is 19.4 Å². The Morgan fingerprint density at radius 3 is 2.80 bits per heavy atom. The number of carbonyl (C=O) groups is 2. The van der Waals surface area contributed by atoms with E-state index in [-0.39, 0.29) is 12.3 Å². The van der Waals surface area contributed by atoms with Crippen molar-refractivity contribution >= 4 is 11.9 Å². The summed E-state index contributed by atoms with van der Waals surface area (Å²) in [5.41, 5.74) is 0.553. The van der Waals surface area contributed by atoms with Gasteiger partial charge in [-0.3, -0.25) is 9.59 Å². The average molecular weight is 279 g/mol. The van der Waals surface area contributed by atoms with Crippen LogP contribution in [0.15, 0.2) is 24.3 Å². The summed E-state index contributed by atoms with van der Waals surface area (Å²) in [5, 5.41) is 11.3. The van der Waals surface area contributed by atoms with Gasteiger partial charge in [-0.25, -0.2) is 0 Å². The fraction of sp³-hybridized carbons (Fsp3) is 0.467. The van der Waals surface area contributed by atoms with Crippen molar-refractivity contribution in [2.45, 2.75) is 32.6 Å². The molecule has 0 spiro atoms. The molecule has 0 aromatic heterocycles. The third-order valence-electron chi connectivity index (χ3n) is 2.67. The average Bonchev–Trinajstić information content (AvgIpc) is 2.44. The standard InChI is InChI=1S/C15H21NO4/c1-2-10-20-13-7-5-6-12(11-13)15(19)16-9-4-3-8-14(17)18/h5-7,11H,2-4,8-10H2,1H3,(H,16,19)(H,17,18). The molecule has 1 amide bonds. The number of benzene rings is 1. The van der Waals surface area contributed by atoms with Crippen molar-refractivity contribution in [1.82, 2.24) is 5.32 Å². The number of ether oxygens (including phenoxy) is 1. The Bertz CT molecular complexity index is 445. The lowest BCUT2D eigenvalue weighted by Crippen LogP contribution is -2.24. The summed E-state index contributed by atoms with van der Waals surface area (Å²) in [6.45, 7) is 3.13. The Labute approximate surface area is 118 Å². The van der Waals surface area contributed by atoms with Gasteiger partial charge in [0.15, 0.2) is 0 Å². The van der Waals surface area contributed by atoms with Crippen LogP contribution < -0.4 is 10.1 Å². The fourth-order valence-electron chi connectivity index (χ4n) is 1.65. The summed E-state index contributed by atoms with van der Waals surface area (Å²) >= 11 is 0. The first-order valence-electron chi connectivity index (χ1n) is 6.86. The molecule has 5 heteroatoms. The highest BCUT2D eigenvalue weighted by atomic mass is 16.5. The van der Waals surface area contributed by atoms with E-state index >= 15 is 0 Å². The van der Waals surface area contributed by atoms with Crippen LogP contribution >= 0.6 is 0 Å². The van der Waals surface area contributed by atoms with Crippen LogP contribution in [-0.4, -0.2) is 30.1 Å². The predicted molar refractivity (Wildman–Crippen MR) is 76.0 cm³/mol. The molecule has 0 aliphatic carbocycles. The number of unbranched alkanes of at least 4 members (excludes halogenated alkanes) is 1. The highest BCUT2D eigenvalue weighted by Gasteiger charge is 2.06. The number of carbonyl (C=O) groups excluding carboxylic acids is 1. The third kappa shape index (κ3) is 6.22. The monoisotopic (exact) mass is 279 g/mol. The van der Waals surface area contributed by atoms with Crippen LogP contribution in [0.1, 0.15) is 43.0 Å². The lowest BCUT2D eigenvalue weighted by atomic mass is 10.2. The van der Waals surface area contributed by atoms with Gasteiger partial charge in [0.1, 0.15) is 5.75 Å². The molecule has 0 radical (unpaired) electrons. The molecule has 0 heterocycles. The molecule has 0 aliphatic heterocycles. The molecule has 1 aromatic rings. The van der Waals surface area contributed by atoms with E-state index in [4.69, 9.17) is 9.84 Å². The van der Waals surface area contributed by atoms with Gasteiger partial charge in [0.05, 0.1) is 6.61 Å². The number of carboxylic acid groups (broad SMARTS) is 1. The number of rotatable bonds is 9. The van der Waals surface area contributed by atoms with E-state index in [9.17, 15) is 9.59 Å². The molecular weight excluding hydrogens is 258 g/mol. The summed E-state index contributed by atoms with van der Waals surface area (Å²) < 4.78 is 5.47. The molecule has 20 heavy (non-hydrogen) atoms. The van der Waals surface area contributed by atoms with Gasteiger partial charge < -0.3 is 15.2 Å². The Kier molecular flexibility index (Phi) is 7.17. The van der Waals surface area contributed by atoms with E-state index in [1.807, 2.05) is 13.0 Å². The van der Waals surface area contributed by atoms with Gasteiger partial charge in [-0.05, 0) is 37.5 Å². The van der Waals surface area contributed by atoms with E-state index in [0.29, 0.717) is 37.3 Å². The van der Waals surface area contributed by atoms with Crippen molar-refractivity contribution in [3.8, 4) is 5.75 Å².